The summed E-state index contributed by atoms with van der Waals surface area (Å²) >= 11 is 0. The van der Waals surface area contributed by atoms with E-state index in [-0.39, 0.29) is 30.6 Å². The molecular weight excluding hydrogens is 530 g/mol. The molecule has 0 atom stereocenters. The van der Waals surface area contributed by atoms with E-state index in [1.54, 1.807) is 60.7 Å². The molecule has 0 bridgehead atoms. The van der Waals surface area contributed by atoms with E-state index in [0.29, 0.717) is 56.9 Å². The van der Waals surface area contributed by atoms with Crippen LogP contribution in [0.4, 0.5) is 22.7 Å². The Morgan fingerprint density at radius 1 is 0.878 bits per heavy atom. The van der Waals surface area contributed by atoms with Crippen LogP contribution in [0.1, 0.15) is 22.8 Å². The number of fused-ring (bicyclic) bond motifs is 1. The van der Waals surface area contributed by atoms with E-state index >= 15 is 0 Å². The highest BCUT2D eigenvalue weighted by molar-refractivity contribution is 6.52. The SMILES string of the molecule is COc1cc(OCCO)ccc1/N=N/c1cc(OC)c(N/N=C2/C=Cc3cc(NC(C)=O)ccc3C2=O)cc1OC. The molecular formula is C29H29N5O7. The minimum Gasteiger partial charge on any atom is -0.494 e. The molecule has 1 amide bonds. The maximum atomic E-state index is 13.0. The zero-order valence-corrected chi connectivity index (χ0v) is 22.9. The quantitative estimate of drug-likeness (QED) is 0.216. The summed E-state index contributed by atoms with van der Waals surface area (Å²) in [5.74, 6) is 1.25. The number of allylic oxidation sites excluding steroid dienone is 1. The lowest BCUT2D eigenvalue weighted by atomic mass is 9.94. The molecule has 0 heterocycles. The fraction of sp³-hybridized carbons (Fsp3) is 0.207. The number of hydrogen-bond donors (Lipinski definition) is 3. The summed E-state index contributed by atoms with van der Waals surface area (Å²) in [7, 11) is 4.48. The second-order valence-electron chi connectivity index (χ2n) is 8.58. The van der Waals surface area contributed by atoms with Gasteiger partial charge in [-0.1, -0.05) is 6.08 Å². The maximum Gasteiger partial charge on any atom is 0.221 e. The van der Waals surface area contributed by atoms with Crippen molar-refractivity contribution in [2.24, 2.45) is 15.3 Å². The largest absolute Gasteiger partial charge is 0.494 e. The first kappa shape index (κ1) is 28.8. The van der Waals surface area contributed by atoms with Gasteiger partial charge < -0.3 is 29.4 Å². The van der Waals surface area contributed by atoms with Crippen LogP contribution < -0.4 is 29.7 Å². The third kappa shape index (κ3) is 6.86. The molecule has 212 valence electrons. The van der Waals surface area contributed by atoms with Gasteiger partial charge in [-0.3, -0.25) is 15.0 Å². The number of nitrogens with zero attached hydrogens (tertiary/aromatic N) is 3. The van der Waals surface area contributed by atoms with Gasteiger partial charge in [0, 0.05) is 36.4 Å². The number of methoxy groups -OCH3 is 3. The second kappa shape index (κ2) is 13.2. The highest BCUT2D eigenvalue weighted by Crippen LogP contribution is 2.40. The molecule has 12 heteroatoms. The molecule has 0 unspecified atom stereocenters. The van der Waals surface area contributed by atoms with Crippen LogP contribution in [0.3, 0.4) is 0 Å². The number of carbonyl (C=O) groups is 2. The summed E-state index contributed by atoms with van der Waals surface area (Å²) in [5, 5.41) is 24.6. The van der Waals surface area contributed by atoms with E-state index < -0.39 is 0 Å². The van der Waals surface area contributed by atoms with Crippen molar-refractivity contribution in [2.75, 3.05) is 45.3 Å². The number of carbonyl (C=O) groups excluding carboxylic acids is 2. The fourth-order valence-corrected chi connectivity index (χ4v) is 3.93. The van der Waals surface area contributed by atoms with E-state index in [9.17, 15) is 9.59 Å². The molecule has 0 radical (unpaired) electrons. The molecule has 0 aromatic heterocycles. The summed E-state index contributed by atoms with van der Waals surface area (Å²) in [5.41, 5.74) is 6.07. The number of Topliss-reactive ketones (excluding diaryl/α,β-unsaturated/α-hetero) is 1. The average Bonchev–Trinajstić information content (AvgIpc) is 2.98. The lowest BCUT2D eigenvalue weighted by Gasteiger charge is -2.15. The summed E-state index contributed by atoms with van der Waals surface area (Å²) in [6.45, 7) is 1.47. The van der Waals surface area contributed by atoms with Crippen LogP contribution in [-0.4, -0.2) is 57.1 Å². The summed E-state index contributed by atoms with van der Waals surface area (Å²) < 4.78 is 21.8. The maximum absolute atomic E-state index is 13.0. The lowest BCUT2D eigenvalue weighted by Crippen LogP contribution is -2.18. The Hall–Kier alpha value is -5.23. The highest BCUT2D eigenvalue weighted by atomic mass is 16.5. The molecule has 3 aromatic rings. The molecule has 12 nitrogen and oxygen atoms in total. The summed E-state index contributed by atoms with van der Waals surface area (Å²) in [4.78, 5) is 24.4. The Bertz CT molecular complexity index is 1550. The van der Waals surface area contributed by atoms with Gasteiger partial charge in [0.15, 0.2) is 0 Å². The number of benzene rings is 3. The number of aliphatic hydroxyl groups excluding tert-OH is 1. The molecule has 0 fully saturated rings. The van der Waals surface area contributed by atoms with Crippen molar-refractivity contribution >= 4 is 46.2 Å². The molecule has 0 saturated carbocycles. The normalized spacial score (nSPS) is 13.2. The molecule has 0 spiro atoms. The Morgan fingerprint density at radius 3 is 2.32 bits per heavy atom. The number of nitrogens with one attached hydrogen (secondary N) is 2. The smallest absolute Gasteiger partial charge is 0.221 e. The van der Waals surface area contributed by atoms with Crippen LogP contribution >= 0.6 is 0 Å². The first-order valence-electron chi connectivity index (χ1n) is 12.4. The van der Waals surface area contributed by atoms with Gasteiger partial charge in [-0.05, 0) is 42.0 Å². The van der Waals surface area contributed by atoms with Crippen molar-refractivity contribution in [1.29, 1.82) is 0 Å². The van der Waals surface area contributed by atoms with Gasteiger partial charge >= 0.3 is 0 Å². The molecule has 1 aliphatic carbocycles. The Balaban J connectivity index is 1.56. The first-order valence-corrected chi connectivity index (χ1v) is 12.4. The fourth-order valence-electron chi connectivity index (χ4n) is 3.93. The number of ether oxygens (including phenoxy) is 4. The lowest BCUT2D eigenvalue weighted by molar-refractivity contribution is -0.114. The molecule has 0 saturated heterocycles. The number of aliphatic hydroxyl groups is 1. The number of azo groups is 1. The monoisotopic (exact) mass is 559 g/mol. The van der Waals surface area contributed by atoms with Crippen molar-refractivity contribution in [2.45, 2.75) is 6.92 Å². The zero-order chi connectivity index (χ0) is 29.4. The van der Waals surface area contributed by atoms with Crippen molar-refractivity contribution in [1.82, 2.24) is 0 Å². The third-order valence-electron chi connectivity index (χ3n) is 5.84. The van der Waals surface area contributed by atoms with E-state index in [1.807, 2.05) is 0 Å². The van der Waals surface area contributed by atoms with E-state index in [4.69, 9.17) is 24.1 Å². The van der Waals surface area contributed by atoms with Crippen LogP contribution in [0.5, 0.6) is 23.0 Å². The van der Waals surface area contributed by atoms with Crippen molar-refractivity contribution in [3.63, 3.8) is 0 Å². The second-order valence-corrected chi connectivity index (χ2v) is 8.58. The molecule has 0 aliphatic heterocycles. The van der Waals surface area contributed by atoms with Gasteiger partial charge in [0.2, 0.25) is 11.7 Å². The number of rotatable bonds is 11. The van der Waals surface area contributed by atoms with Crippen LogP contribution in [0.25, 0.3) is 6.08 Å². The van der Waals surface area contributed by atoms with Crippen LogP contribution in [0, 0.1) is 0 Å². The van der Waals surface area contributed by atoms with Gasteiger partial charge in [-0.15, -0.1) is 10.2 Å². The van der Waals surface area contributed by atoms with Crippen LogP contribution in [0.15, 0.2) is 69.9 Å². The van der Waals surface area contributed by atoms with Crippen molar-refractivity contribution in [3.8, 4) is 23.0 Å². The minimum atomic E-state index is -0.276. The van der Waals surface area contributed by atoms with Gasteiger partial charge in [0.1, 0.15) is 52.4 Å². The summed E-state index contributed by atoms with van der Waals surface area (Å²) in [6.07, 6.45) is 3.35. The topological polar surface area (TPSA) is 152 Å². The van der Waals surface area contributed by atoms with Crippen molar-refractivity contribution < 1.29 is 33.6 Å². The van der Waals surface area contributed by atoms with Crippen LogP contribution in [0.2, 0.25) is 0 Å². The minimum absolute atomic E-state index is 0.105. The first-order chi connectivity index (χ1) is 19.9. The molecule has 4 rings (SSSR count). The van der Waals surface area contributed by atoms with E-state index in [2.05, 4.69) is 26.1 Å². The standard InChI is InChI=1S/C29H29N5O7/c1-17(36)30-19-6-8-21-18(13-19)5-9-23(29(21)37)32-34-25-16-27(39-3)24(15-28(25)40-4)33-31-22-10-7-20(41-12-11-35)14-26(22)38-2/h5-10,13-16,34-35H,11-12H2,1-4H3,(H,30,36)/b32-23-,33-31+. The molecule has 3 N–H and O–H groups in total. The molecule has 41 heavy (non-hydrogen) atoms. The predicted octanol–water partition coefficient (Wildman–Crippen LogP) is 5.13. The van der Waals surface area contributed by atoms with Gasteiger partial charge in [0.25, 0.3) is 0 Å². The van der Waals surface area contributed by atoms with Gasteiger partial charge in [-0.25, -0.2) is 0 Å². The van der Waals surface area contributed by atoms with Gasteiger partial charge in [0.05, 0.1) is 27.9 Å². The highest BCUT2D eigenvalue weighted by Gasteiger charge is 2.20. The van der Waals surface area contributed by atoms with E-state index in [1.165, 1.54) is 28.3 Å². The number of amides is 1. The van der Waals surface area contributed by atoms with Gasteiger partial charge in [-0.2, -0.15) is 5.10 Å². The zero-order valence-electron chi connectivity index (χ0n) is 22.9. The Labute approximate surface area is 236 Å². The summed E-state index contributed by atoms with van der Waals surface area (Å²) in [6, 6.07) is 13.3. The number of ketones is 1. The number of hydrazone groups is 1. The molecule has 3 aromatic carbocycles. The average molecular weight is 560 g/mol. The Morgan fingerprint density at radius 2 is 1.61 bits per heavy atom. The molecule has 1 aliphatic rings. The third-order valence-corrected chi connectivity index (χ3v) is 5.84. The Kier molecular flexibility index (Phi) is 9.28. The number of hydrogen-bond acceptors (Lipinski definition) is 11. The predicted molar refractivity (Wildman–Crippen MR) is 154 cm³/mol. The van der Waals surface area contributed by atoms with Crippen LogP contribution in [-0.2, 0) is 4.79 Å². The van der Waals surface area contributed by atoms with E-state index in [0.717, 1.165) is 0 Å². The van der Waals surface area contributed by atoms with Crippen molar-refractivity contribution in [3.05, 3.63) is 65.7 Å². The number of anilines is 2.